The third-order valence-corrected chi connectivity index (χ3v) is 3.54. The number of ether oxygens (including phenoxy) is 1. The third-order valence-electron chi connectivity index (χ3n) is 3.54. The van der Waals surface area contributed by atoms with Crippen LogP contribution in [0.15, 0.2) is 36.4 Å². The molecule has 1 N–H and O–H groups in total. The molecule has 2 rings (SSSR count). The van der Waals surface area contributed by atoms with Crippen molar-refractivity contribution < 1.29 is 14.3 Å². The van der Waals surface area contributed by atoms with E-state index >= 15 is 0 Å². The molecular formula is C17H21NO3. The second-order valence-electron chi connectivity index (χ2n) is 5.46. The summed E-state index contributed by atoms with van der Waals surface area (Å²) in [5, 5.41) is 2.74. The summed E-state index contributed by atoms with van der Waals surface area (Å²) in [7, 11) is 0. The van der Waals surface area contributed by atoms with E-state index in [0.29, 0.717) is 12.1 Å². The predicted octanol–water partition coefficient (Wildman–Crippen LogP) is 3.22. The van der Waals surface area contributed by atoms with Crippen LogP contribution in [0, 0.1) is 12.8 Å². The van der Waals surface area contributed by atoms with E-state index in [-0.39, 0.29) is 17.8 Å². The zero-order chi connectivity index (χ0) is 15.2. The third kappa shape index (κ3) is 4.74. The van der Waals surface area contributed by atoms with E-state index in [4.69, 9.17) is 4.74 Å². The zero-order valence-corrected chi connectivity index (χ0v) is 12.5. The molecule has 1 aliphatic carbocycles. The van der Waals surface area contributed by atoms with Gasteiger partial charge in [-0.15, -0.1) is 0 Å². The van der Waals surface area contributed by atoms with Gasteiger partial charge in [0.05, 0.1) is 6.42 Å². The highest BCUT2D eigenvalue weighted by molar-refractivity contribution is 5.95. The van der Waals surface area contributed by atoms with E-state index in [1.165, 1.54) is 0 Å². The summed E-state index contributed by atoms with van der Waals surface area (Å²) < 4.78 is 5.19. The number of benzene rings is 1. The highest BCUT2D eigenvalue weighted by Gasteiger charge is 2.20. The van der Waals surface area contributed by atoms with E-state index in [1.807, 2.05) is 37.3 Å². The Balaban J connectivity index is 1.80. The first-order chi connectivity index (χ1) is 10.0. The SMILES string of the molecule is Cc1ccc(NC(=O)[C@H](C)OC(=O)C[C@H]2C=CCC2)cc1. The summed E-state index contributed by atoms with van der Waals surface area (Å²) in [5.74, 6) is -0.378. The highest BCUT2D eigenvalue weighted by Crippen LogP contribution is 2.21. The Labute approximate surface area is 125 Å². The van der Waals surface area contributed by atoms with Crippen LogP contribution < -0.4 is 5.32 Å². The number of amides is 1. The van der Waals surface area contributed by atoms with Gasteiger partial charge in [-0.05, 0) is 44.7 Å². The summed E-state index contributed by atoms with van der Waals surface area (Å²) in [6, 6.07) is 7.48. The Bertz CT molecular complexity index is 533. The van der Waals surface area contributed by atoms with Gasteiger partial charge in [0.15, 0.2) is 6.10 Å². The predicted molar refractivity (Wildman–Crippen MR) is 81.8 cm³/mol. The molecule has 1 amide bonds. The number of allylic oxidation sites excluding steroid dienone is 2. The monoisotopic (exact) mass is 287 g/mol. The first-order valence-corrected chi connectivity index (χ1v) is 7.28. The van der Waals surface area contributed by atoms with Crippen LogP contribution in [0.3, 0.4) is 0 Å². The molecule has 4 nitrogen and oxygen atoms in total. The number of anilines is 1. The van der Waals surface area contributed by atoms with Crippen LogP contribution in [-0.4, -0.2) is 18.0 Å². The summed E-state index contributed by atoms with van der Waals surface area (Å²) in [6.45, 7) is 3.57. The number of carbonyl (C=O) groups excluding carboxylic acids is 2. The molecule has 0 bridgehead atoms. The van der Waals surface area contributed by atoms with Gasteiger partial charge in [-0.2, -0.15) is 0 Å². The van der Waals surface area contributed by atoms with Crippen LogP contribution in [0.5, 0.6) is 0 Å². The van der Waals surface area contributed by atoms with Crippen LogP contribution in [0.2, 0.25) is 0 Å². The van der Waals surface area contributed by atoms with Gasteiger partial charge >= 0.3 is 5.97 Å². The Morgan fingerprint density at radius 3 is 2.67 bits per heavy atom. The van der Waals surface area contributed by atoms with Crippen molar-refractivity contribution in [3.05, 3.63) is 42.0 Å². The summed E-state index contributed by atoms with van der Waals surface area (Å²) in [4.78, 5) is 23.7. The molecule has 1 aliphatic rings. The molecule has 2 atom stereocenters. The van der Waals surface area contributed by atoms with Gasteiger partial charge in [0.1, 0.15) is 0 Å². The second kappa shape index (κ2) is 7.07. The fraction of sp³-hybridized carbons (Fsp3) is 0.412. The van der Waals surface area contributed by atoms with Crippen LogP contribution >= 0.6 is 0 Å². The first-order valence-electron chi connectivity index (χ1n) is 7.28. The number of rotatable bonds is 5. The zero-order valence-electron chi connectivity index (χ0n) is 12.5. The highest BCUT2D eigenvalue weighted by atomic mass is 16.5. The van der Waals surface area contributed by atoms with Gasteiger partial charge in [-0.25, -0.2) is 0 Å². The smallest absolute Gasteiger partial charge is 0.307 e. The topological polar surface area (TPSA) is 55.4 Å². The molecule has 0 fully saturated rings. The van der Waals surface area contributed by atoms with E-state index in [0.717, 1.165) is 18.4 Å². The van der Waals surface area contributed by atoms with Crippen LogP contribution in [-0.2, 0) is 14.3 Å². The summed E-state index contributed by atoms with van der Waals surface area (Å²) >= 11 is 0. The Morgan fingerprint density at radius 2 is 2.05 bits per heavy atom. The number of hydrogen-bond acceptors (Lipinski definition) is 3. The van der Waals surface area contributed by atoms with Crippen molar-refractivity contribution in [1.29, 1.82) is 0 Å². The van der Waals surface area contributed by atoms with Gasteiger partial charge in [-0.3, -0.25) is 9.59 Å². The summed E-state index contributed by atoms with van der Waals surface area (Å²) in [6.07, 6.45) is 5.67. The van der Waals surface area contributed by atoms with E-state index in [9.17, 15) is 9.59 Å². The normalized spacial score (nSPS) is 18.3. The van der Waals surface area contributed by atoms with Crippen molar-refractivity contribution in [2.24, 2.45) is 5.92 Å². The molecule has 112 valence electrons. The minimum Gasteiger partial charge on any atom is -0.453 e. The lowest BCUT2D eigenvalue weighted by molar-refractivity contribution is -0.153. The lowest BCUT2D eigenvalue weighted by Crippen LogP contribution is -2.30. The molecule has 21 heavy (non-hydrogen) atoms. The lowest BCUT2D eigenvalue weighted by atomic mass is 10.1. The van der Waals surface area contributed by atoms with Crippen LogP contribution in [0.4, 0.5) is 5.69 Å². The Hall–Kier alpha value is -2.10. The maximum Gasteiger partial charge on any atom is 0.307 e. The number of carbonyl (C=O) groups is 2. The average molecular weight is 287 g/mol. The largest absolute Gasteiger partial charge is 0.453 e. The summed E-state index contributed by atoms with van der Waals surface area (Å²) in [5.41, 5.74) is 1.82. The maximum absolute atomic E-state index is 12.0. The van der Waals surface area contributed by atoms with Gasteiger partial charge in [-0.1, -0.05) is 29.8 Å². The number of esters is 1. The molecule has 1 aromatic rings. The quantitative estimate of drug-likeness (QED) is 0.668. The minimum atomic E-state index is -0.788. The van der Waals surface area contributed by atoms with E-state index in [2.05, 4.69) is 11.4 Å². The Kier molecular flexibility index (Phi) is 5.14. The van der Waals surface area contributed by atoms with Gasteiger partial charge in [0, 0.05) is 5.69 Å². The minimum absolute atomic E-state index is 0.254. The van der Waals surface area contributed by atoms with Gasteiger partial charge < -0.3 is 10.1 Å². The molecule has 0 heterocycles. The fourth-order valence-corrected chi connectivity index (χ4v) is 2.26. The van der Waals surface area contributed by atoms with Crippen molar-refractivity contribution in [3.8, 4) is 0 Å². The van der Waals surface area contributed by atoms with E-state index in [1.54, 1.807) is 6.92 Å². The number of hydrogen-bond donors (Lipinski definition) is 1. The van der Waals surface area contributed by atoms with Crippen molar-refractivity contribution in [2.75, 3.05) is 5.32 Å². The molecular weight excluding hydrogens is 266 g/mol. The van der Waals surface area contributed by atoms with Crippen molar-refractivity contribution in [1.82, 2.24) is 0 Å². The van der Waals surface area contributed by atoms with Crippen LogP contribution in [0.1, 0.15) is 31.7 Å². The molecule has 0 radical (unpaired) electrons. The molecule has 0 spiro atoms. The van der Waals surface area contributed by atoms with E-state index < -0.39 is 6.10 Å². The molecule has 0 unspecified atom stereocenters. The Morgan fingerprint density at radius 1 is 1.33 bits per heavy atom. The van der Waals surface area contributed by atoms with Crippen molar-refractivity contribution in [2.45, 2.75) is 39.2 Å². The molecule has 1 aromatic carbocycles. The van der Waals surface area contributed by atoms with Crippen LogP contribution in [0.25, 0.3) is 0 Å². The number of aryl methyl sites for hydroxylation is 1. The molecule has 4 heteroatoms. The lowest BCUT2D eigenvalue weighted by Gasteiger charge is -2.15. The molecule has 0 saturated heterocycles. The number of nitrogens with one attached hydrogen (secondary N) is 1. The first kappa shape index (κ1) is 15.3. The van der Waals surface area contributed by atoms with Gasteiger partial charge in [0.25, 0.3) is 5.91 Å². The average Bonchev–Trinajstić information content (AvgIpc) is 2.94. The second-order valence-corrected chi connectivity index (χ2v) is 5.46. The standard InChI is InChI=1S/C17H21NO3/c1-12-7-9-15(10-8-12)18-17(20)13(2)21-16(19)11-14-5-3-4-6-14/h3,5,7-10,13-14H,4,6,11H2,1-2H3,(H,18,20)/t13-,14-/m0/s1. The fourth-order valence-electron chi connectivity index (χ4n) is 2.26. The van der Waals surface area contributed by atoms with Crippen molar-refractivity contribution >= 4 is 17.6 Å². The molecule has 0 saturated carbocycles. The maximum atomic E-state index is 12.0. The molecule has 0 aliphatic heterocycles. The van der Waals surface area contributed by atoms with Gasteiger partial charge in [0.2, 0.25) is 0 Å². The van der Waals surface area contributed by atoms with Crippen molar-refractivity contribution in [3.63, 3.8) is 0 Å². The molecule has 0 aromatic heterocycles.